The van der Waals surface area contributed by atoms with E-state index >= 15 is 0 Å². The Hall–Kier alpha value is -1.53. The molecule has 4 nitrogen and oxygen atoms in total. The molecule has 3 rings (SSSR count). The number of aromatic amines is 1. The maximum absolute atomic E-state index is 5.45. The van der Waals surface area contributed by atoms with Gasteiger partial charge in [-0.25, -0.2) is 0 Å². The Morgan fingerprint density at radius 1 is 1.24 bits per heavy atom. The lowest BCUT2D eigenvalue weighted by atomic mass is 10.2. The SMILES string of the molecule is COc1c(Br)cc(Br)cc1CNc1ccc2cn[nH]c2c1. The number of anilines is 1. The van der Waals surface area contributed by atoms with Crippen molar-refractivity contribution in [1.29, 1.82) is 0 Å². The molecular formula is C15H13Br2N3O. The second kappa shape index (κ2) is 6.07. The van der Waals surface area contributed by atoms with E-state index in [1.54, 1.807) is 7.11 Å². The molecule has 0 radical (unpaired) electrons. The van der Waals surface area contributed by atoms with Crippen molar-refractivity contribution >= 4 is 48.5 Å². The number of nitrogens with one attached hydrogen (secondary N) is 2. The van der Waals surface area contributed by atoms with Crippen LogP contribution < -0.4 is 10.1 Å². The molecule has 0 bridgehead atoms. The number of aromatic nitrogens is 2. The van der Waals surface area contributed by atoms with E-state index in [2.05, 4.69) is 47.4 Å². The molecule has 2 N–H and O–H groups in total. The van der Waals surface area contributed by atoms with Crippen LogP contribution in [0.4, 0.5) is 5.69 Å². The number of ether oxygens (including phenoxy) is 1. The summed E-state index contributed by atoms with van der Waals surface area (Å²) in [4.78, 5) is 0. The predicted octanol–water partition coefficient (Wildman–Crippen LogP) is 4.71. The molecule has 0 unspecified atom stereocenters. The van der Waals surface area contributed by atoms with Crippen molar-refractivity contribution in [3.8, 4) is 5.75 Å². The Labute approximate surface area is 139 Å². The van der Waals surface area contributed by atoms with Gasteiger partial charge in [0.1, 0.15) is 5.75 Å². The number of nitrogens with zero attached hydrogens (tertiary/aromatic N) is 1. The van der Waals surface area contributed by atoms with Crippen LogP contribution in [0.1, 0.15) is 5.56 Å². The fourth-order valence-corrected chi connectivity index (χ4v) is 3.69. The van der Waals surface area contributed by atoms with Crippen LogP contribution in [0.3, 0.4) is 0 Å². The van der Waals surface area contributed by atoms with E-state index in [4.69, 9.17) is 4.74 Å². The van der Waals surface area contributed by atoms with Crippen molar-refractivity contribution in [3.63, 3.8) is 0 Å². The summed E-state index contributed by atoms with van der Waals surface area (Å²) in [6, 6.07) is 10.1. The van der Waals surface area contributed by atoms with Crippen molar-refractivity contribution in [3.05, 3.63) is 51.0 Å². The first-order chi connectivity index (χ1) is 10.2. The molecule has 0 amide bonds. The lowest BCUT2D eigenvalue weighted by molar-refractivity contribution is 0.407. The second-order valence-corrected chi connectivity index (χ2v) is 6.38. The lowest BCUT2D eigenvalue weighted by Gasteiger charge is -2.13. The summed E-state index contributed by atoms with van der Waals surface area (Å²) < 4.78 is 7.39. The van der Waals surface area contributed by atoms with Gasteiger partial charge in [-0.2, -0.15) is 5.10 Å². The summed E-state index contributed by atoms with van der Waals surface area (Å²) in [6.45, 7) is 0.668. The molecule has 0 aliphatic carbocycles. The Kier molecular flexibility index (Phi) is 4.17. The number of benzene rings is 2. The zero-order chi connectivity index (χ0) is 14.8. The smallest absolute Gasteiger partial charge is 0.138 e. The summed E-state index contributed by atoms with van der Waals surface area (Å²) in [7, 11) is 1.67. The van der Waals surface area contributed by atoms with E-state index in [1.165, 1.54) is 0 Å². The molecular weight excluding hydrogens is 398 g/mol. The minimum atomic E-state index is 0.668. The average molecular weight is 411 g/mol. The van der Waals surface area contributed by atoms with Crippen molar-refractivity contribution in [2.75, 3.05) is 12.4 Å². The van der Waals surface area contributed by atoms with E-state index in [0.29, 0.717) is 6.54 Å². The van der Waals surface area contributed by atoms with Gasteiger partial charge in [-0.15, -0.1) is 0 Å². The van der Waals surface area contributed by atoms with Crippen LogP contribution in [0, 0.1) is 0 Å². The highest BCUT2D eigenvalue weighted by Crippen LogP contribution is 2.33. The van der Waals surface area contributed by atoms with Gasteiger partial charge in [-0.3, -0.25) is 5.10 Å². The third kappa shape index (κ3) is 3.06. The van der Waals surface area contributed by atoms with Gasteiger partial charge in [-0.1, -0.05) is 15.9 Å². The van der Waals surface area contributed by atoms with Gasteiger partial charge in [0.25, 0.3) is 0 Å². The van der Waals surface area contributed by atoms with Crippen molar-refractivity contribution in [2.24, 2.45) is 0 Å². The van der Waals surface area contributed by atoms with Gasteiger partial charge >= 0.3 is 0 Å². The molecule has 0 atom stereocenters. The molecule has 0 aliphatic heterocycles. The summed E-state index contributed by atoms with van der Waals surface area (Å²) in [5.74, 6) is 0.841. The fraction of sp³-hybridized carbons (Fsp3) is 0.133. The molecule has 1 heterocycles. The first-order valence-electron chi connectivity index (χ1n) is 6.36. The normalized spacial score (nSPS) is 10.8. The third-order valence-electron chi connectivity index (χ3n) is 3.21. The number of fused-ring (bicyclic) bond motifs is 1. The van der Waals surface area contributed by atoms with Crippen molar-refractivity contribution in [2.45, 2.75) is 6.54 Å². The van der Waals surface area contributed by atoms with Crippen LogP contribution >= 0.6 is 31.9 Å². The Morgan fingerprint density at radius 2 is 2.10 bits per heavy atom. The highest BCUT2D eigenvalue weighted by Gasteiger charge is 2.09. The monoisotopic (exact) mass is 409 g/mol. The number of H-pyrrole nitrogens is 1. The van der Waals surface area contributed by atoms with Gasteiger partial charge < -0.3 is 10.1 Å². The first-order valence-corrected chi connectivity index (χ1v) is 7.95. The molecule has 0 saturated carbocycles. The van der Waals surface area contributed by atoms with E-state index in [-0.39, 0.29) is 0 Å². The summed E-state index contributed by atoms with van der Waals surface area (Å²) in [5.41, 5.74) is 3.12. The van der Waals surface area contributed by atoms with Crippen molar-refractivity contribution in [1.82, 2.24) is 10.2 Å². The Balaban J connectivity index is 1.83. The fourth-order valence-electron chi connectivity index (χ4n) is 2.22. The standard InChI is InChI=1S/C15H13Br2N3O/c1-21-15-10(4-11(16)5-13(15)17)7-18-12-3-2-9-8-19-20-14(9)6-12/h2-6,8,18H,7H2,1H3,(H,19,20). The van der Waals surface area contributed by atoms with Crippen LogP contribution in [0.15, 0.2) is 45.5 Å². The van der Waals surface area contributed by atoms with Crippen molar-refractivity contribution < 1.29 is 4.74 Å². The van der Waals surface area contributed by atoms with Crippen LogP contribution in [0.5, 0.6) is 5.75 Å². The molecule has 108 valence electrons. The van der Waals surface area contributed by atoms with Gasteiger partial charge in [-0.05, 0) is 46.3 Å². The minimum absolute atomic E-state index is 0.668. The zero-order valence-electron chi connectivity index (χ0n) is 11.3. The van der Waals surface area contributed by atoms with E-state index in [0.717, 1.165) is 36.8 Å². The van der Waals surface area contributed by atoms with Gasteiger partial charge in [0.2, 0.25) is 0 Å². The molecule has 0 fully saturated rings. The summed E-state index contributed by atoms with van der Waals surface area (Å²) in [6.07, 6.45) is 1.81. The van der Waals surface area contributed by atoms with Crippen LogP contribution in [-0.4, -0.2) is 17.3 Å². The molecule has 6 heteroatoms. The van der Waals surface area contributed by atoms with Crippen LogP contribution in [0.25, 0.3) is 10.9 Å². The Bertz CT molecular complexity index is 786. The number of hydrogen-bond acceptors (Lipinski definition) is 3. The number of methoxy groups -OCH3 is 1. The van der Waals surface area contributed by atoms with E-state index in [9.17, 15) is 0 Å². The summed E-state index contributed by atoms with van der Waals surface area (Å²) >= 11 is 7.02. The topological polar surface area (TPSA) is 49.9 Å². The predicted molar refractivity (Wildman–Crippen MR) is 91.8 cm³/mol. The highest BCUT2D eigenvalue weighted by molar-refractivity contribution is 9.11. The minimum Gasteiger partial charge on any atom is -0.495 e. The molecule has 21 heavy (non-hydrogen) atoms. The third-order valence-corrected chi connectivity index (χ3v) is 4.26. The highest BCUT2D eigenvalue weighted by atomic mass is 79.9. The molecule has 3 aromatic rings. The number of halogens is 2. The van der Waals surface area contributed by atoms with Gasteiger partial charge in [0, 0.05) is 27.7 Å². The van der Waals surface area contributed by atoms with Crippen LogP contribution in [0.2, 0.25) is 0 Å². The molecule has 0 saturated heterocycles. The lowest BCUT2D eigenvalue weighted by Crippen LogP contribution is -2.02. The maximum Gasteiger partial charge on any atom is 0.138 e. The van der Waals surface area contributed by atoms with E-state index in [1.807, 2.05) is 36.5 Å². The number of rotatable bonds is 4. The molecule has 1 aromatic heterocycles. The maximum atomic E-state index is 5.45. The zero-order valence-corrected chi connectivity index (χ0v) is 14.5. The van der Waals surface area contributed by atoms with E-state index < -0.39 is 0 Å². The average Bonchev–Trinajstić information content (AvgIpc) is 2.92. The van der Waals surface area contributed by atoms with Gasteiger partial charge in [0.15, 0.2) is 0 Å². The Morgan fingerprint density at radius 3 is 2.90 bits per heavy atom. The molecule has 2 aromatic carbocycles. The summed E-state index contributed by atoms with van der Waals surface area (Å²) in [5, 5.41) is 11.5. The largest absolute Gasteiger partial charge is 0.495 e. The second-order valence-electron chi connectivity index (χ2n) is 4.61. The number of hydrogen-bond donors (Lipinski definition) is 2. The molecule has 0 aliphatic rings. The van der Waals surface area contributed by atoms with Gasteiger partial charge in [0.05, 0.1) is 23.3 Å². The van der Waals surface area contributed by atoms with Crippen LogP contribution in [-0.2, 0) is 6.54 Å². The first kappa shape index (κ1) is 14.4. The quantitative estimate of drug-likeness (QED) is 0.654. The molecule has 0 spiro atoms.